The fourth-order valence-corrected chi connectivity index (χ4v) is 2.60. The Labute approximate surface area is 127 Å². The summed E-state index contributed by atoms with van der Waals surface area (Å²) in [7, 11) is 1.66. The molecule has 1 aromatic rings. The van der Waals surface area contributed by atoms with E-state index in [4.69, 9.17) is 0 Å². The third-order valence-electron chi connectivity index (χ3n) is 3.85. The first-order valence-corrected chi connectivity index (χ1v) is 7.28. The minimum Gasteiger partial charge on any atom is -0.328 e. The fourth-order valence-electron chi connectivity index (χ4n) is 2.60. The van der Waals surface area contributed by atoms with E-state index in [0.717, 1.165) is 23.4 Å². The van der Waals surface area contributed by atoms with Gasteiger partial charge in [-0.3, -0.25) is 9.48 Å². The lowest BCUT2D eigenvalue weighted by Gasteiger charge is -2.28. The number of hydrogen-bond acceptors (Lipinski definition) is 2. The molecule has 1 aliphatic carbocycles. The number of carbonyl (C=O) groups excluding carboxylic acids is 1. The van der Waals surface area contributed by atoms with E-state index in [1.807, 2.05) is 12.2 Å². The smallest absolute Gasteiger partial charge is 0.328 e. The Morgan fingerprint density at radius 3 is 2.68 bits per heavy atom. The summed E-state index contributed by atoms with van der Waals surface area (Å²) in [6.07, 6.45) is 1.94. The zero-order chi connectivity index (χ0) is 16.3. The minimum atomic E-state index is -4.41. The van der Waals surface area contributed by atoms with Crippen LogP contribution in [-0.2, 0) is 7.05 Å². The summed E-state index contributed by atoms with van der Waals surface area (Å²) in [5, 5.41) is 4.00. The monoisotopic (exact) mass is 315 g/mol. The maximum absolute atomic E-state index is 12.8. The molecule has 0 aliphatic heterocycles. The van der Waals surface area contributed by atoms with Crippen molar-refractivity contribution in [3.8, 4) is 0 Å². The highest BCUT2D eigenvalue weighted by atomic mass is 19.4. The Morgan fingerprint density at radius 2 is 2.18 bits per heavy atom. The van der Waals surface area contributed by atoms with Gasteiger partial charge in [0, 0.05) is 19.3 Å². The van der Waals surface area contributed by atoms with E-state index in [-0.39, 0.29) is 18.2 Å². The fraction of sp³-hybridized carbons (Fsp3) is 0.600. The van der Waals surface area contributed by atoms with Gasteiger partial charge in [-0.25, -0.2) is 0 Å². The summed E-state index contributed by atoms with van der Waals surface area (Å²) in [6.45, 7) is 0.629. The van der Waals surface area contributed by atoms with Crippen molar-refractivity contribution in [2.75, 3.05) is 13.1 Å². The highest BCUT2D eigenvalue weighted by Gasteiger charge is 2.35. The molecule has 1 aromatic heterocycles. The number of allylic oxidation sites excluding steroid dienone is 2. The number of carbonyl (C=O) groups is 1. The summed E-state index contributed by atoms with van der Waals surface area (Å²) < 4.78 is 39.8. The number of rotatable bonds is 4. The first-order valence-electron chi connectivity index (χ1n) is 7.28. The lowest BCUT2D eigenvalue weighted by atomic mass is 9.94. The molecule has 1 amide bonds. The van der Waals surface area contributed by atoms with Crippen molar-refractivity contribution >= 4 is 5.91 Å². The third-order valence-corrected chi connectivity index (χ3v) is 3.85. The molecule has 1 atom stereocenters. The first-order chi connectivity index (χ1) is 10.3. The molecule has 0 N–H and O–H groups in total. The van der Waals surface area contributed by atoms with Crippen molar-refractivity contribution in [2.24, 2.45) is 13.0 Å². The minimum absolute atomic E-state index is 0.0654. The second-order valence-corrected chi connectivity index (χ2v) is 5.75. The van der Waals surface area contributed by atoms with E-state index in [0.29, 0.717) is 6.42 Å². The zero-order valence-corrected chi connectivity index (χ0v) is 12.7. The molecule has 1 heterocycles. The zero-order valence-electron chi connectivity index (χ0n) is 12.7. The lowest BCUT2D eigenvalue weighted by molar-refractivity contribution is -0.141. The summed E-state index contributed by atoms with van der Waals surface area (Å²) in [5.41, 5.74) is 0.798. The van der Waals surface area contributed by atoms with Crippen molar-refractivity contribution in [2.45, 2.75) is 32.4 Å². The van der Waals surface area contributed by atoms with Gasteiger partial charge in [0.15, 0.2) is 5.69 Å². The molecule has 2 rings (SSSR count). The van der Waals surface area contributed by atoms with Crippen LogP contribution in [0.25, 0.3) is 0 Å². The molecule has 0 radical (unpaired) electrons. The number of hydrogen-bond donors (Lipinski definition) is 0. The molecule has 22 heavy (non-hydrogen) atoms. The Balaban J connectivity index is 2.15. The van der Waals surface area contributed by atoms with Crippen molar-refractivity contribution in [1.29, 1.82) is 0 Å². The Kier molecular flexibility index (Phi) is 4.93. The summed E-state index contributed by atoms with van der Waals surface area (Å²) in [4.78, 5) is 13.3. The van der Waals surface area contributed by atoms with Crippen molar-refractivity contribution in [1.82, 2.24) is 14.7 Å². The largest absolute Gasteiger partial charge is 0.406 e. The topological polar surface area (TPSA) is 38.1 Å². The highest BCUT2D eigenvalue weighted by molar-refractivity contribution is 5.92. The maximum atomic E-state index is 12.8. The van der Waals surface area contributed by atoms with Gasteiger partial charge in [-0.1, -0.05) is 12.2 Å². The van der Waals surface area contributed by atoms with Crippen LogP contribution < -0.4 is 0 Å². The molecule has 1 unspecified atom stereocenters. The Hall–Kier alpha value is -1.79. The normalized spacial score (nSPS) is 18.5. The third kappa shape index (κ3) is 4.35. The van der Waals surface area contributed by atoms with Crippen LogP contribution in [0.3, 0.4) is 0 Å². The van der Waals surface area contributed by atoms with Crippen molar-refractivity contribution in [3.63, 3.8) is 0 Å². The van der Waals surface area contributed by atoms with Gasteiger partial charge >= 0.3 is 6.18 Å². The molecule has 0 aromatic carbocycles. The first kappa shape index (κ1) is 16.6. The van der Waals surface area contributed by atoms with Gasteiger partial charge in [-0.05, 0) is 38.2 Å². The van der Waals surface area contributed by atoms with Crippen LogP contribution in [0.2, 0.25) is 0 Å². The van der Waals surface area contributed by atoms with Gasteiger partial charge < -0.3 is 4.90 Å². The van der Waals surface area contributed by atoms with E-state index in [2.05, 4.69) is 5.10 Å². The SMILES string of the molecule is Cc1cc(C(=O)N(CC2CC=CCC2)CC(F)(F)F)nn1C. The quantitative estimate of drug-likeness (QED) is 0.801. The van der Waals surface area contributed by atoms with Crippen LogP contribution in [0, 0.1) is 12.8 Å². The molecular weight excluding hydrogens is 295 g/mol. The number of halogens is 3. The Bertz CT molecular complexity index is 543. The van der Waals surface area contributed by atoms with Crippen LogP contribution in [0.15, 0.2) is 18.2 Å². The molecule has 122 valence electrons. The van der Waals surface area contributed by atoms with Crippen LogP contribution in [-0.4, -0.2) is 39.9 Å². The van der Waals surface area contributed by atoms with Gasteiger partial charge in [0.25, 0.3) is 5.91 Å². The number of aryl methyl sites for hydroxylation is 2. The predicted molar refractivity (Wildman–Crippen MR) is 76.4 cm³/mol. The number of nitrogens with zero attached hydrogens (tertiary/aromatic N) is 3. The second kappa shape index (κ2) is 6.54. The number of alkyl halides is 3. The predicted octanol–water partition coefficient (Wildman–Crippen LogP) is 3.09. The van der Waals surface area contributed by atoms with Gasteiger partial charge in [-0.15, -0.1) is 0 Å². The van der Waals surface area contributed by atoms with Crippen molar-refractivity contribution in [3.05, 3.63) is 29.6 Å². The second-order valence-electron chi connectivity index (χ2n) is 5.75. The summed E-state index contributed by atoms with van der Waals surface area (Å²) in [5.74, 6) is -0.586. The lowest BCUT2D eigenvalue weighted by Crippen LogP contribution is -2.42. The molecule has 7 heteroatoms. The van der Waals surface area contributed by atoms with E-state index in [9.17, 15) is 18.0 Å². The summed E-state index contributed by atoms with van der Waals surface area (Å²) >= 11 is 0. The average molecular weight is 315 g/mol. The van der Waals surface area contributed by atoms with E-state index in [1.54, 1.807) is 14.0 Å². The molecule has 0 fully saturated rings. The molecule has 4 nitrogen and oxygen atoms in total. The van der Waals surface area contributed by atoms with Crippen LogP contribution in [0.5, 0.6) is 0 Å². The molecule has 0 spiro atoms. The van der Waals surface area contributed by atoms with E-state index >= 15 is 0 Å². The number of aromatic nitrogens is 2. The Morgan fingerprint density at radius 1 is 1.45 bits per heavy atom. The van der Waals surface area contributed by atoms with E-state index < -0.39 is 18.6 Å². The van der Waals surface area contributed by atoms with Gasteiger partial charge in [-0.2, -0.15) is 18.3 Å². The van der Waals surface area contributed by atoms with Crippen molar-refractivity contribution < 1.29 is 18.0 Å². The standard InChI is InChI=1S/C15H20F3N3O/c1-11-8-13(19-20(11)2)14(22)21(10-15(16,17)18)9-12-6-4-3-5-7-12/h3-4,8,12H,5-7,9-10H2,1-2H3. The van der Waals surface area contributed by atoms with E-state index in [1.165, 1.54) is 10.7 Å². The molecule has 0 saturated heterocycles. The van der Waals surface area contributed by atoms with Crippen LogP contribution in [0.1, 0.15) is 35.4 Å². The van der Waals surface area contributed by atoms with Gasteiger partial charge in [0.2, 0.25) is 0 Å². The molecule has 0 bridgehead atoms. The highest BCUT2D eigenvalue weighted by Crippen LogP contribution is 2.23. The van der Waals surface area contributed by atoms with Gasteiger partial charge in [0.05, 0.1) is 0 Å². The summed E-state index contributed by atoms with van der Waals surface area (Å²) in [6, 6.07) is 1.52. The molecule has 1 aliphatic rings. The maximum Gasteiger partial charge on any atom is 0.406 e. The molecular formula is C15H20F3N3O. The van der Waals surface area contributed by atoms with Crippen LogP contribution in [0.4, 0.5) is 13.2 Å². The van der Waals surface area contributed by atoms with Crippen LogP contribution >= 0.6 is 0 Å². The molecule has 0 saturated carbocycles. The number of amides is 1. The van der Waals surface area contributed by atoms with Gasteiger partial charge in [0.1, 0.15) is 6.54 Å². The average Bonchev–Trinajstić information content (AvgIpc) is 2.77.